The largest absolute Gasteiger partial charge is 0.490 e. The van der Waals surface area contributed by atoms with E-state index >= 15 is 0 Å². The quantitative estimate of drug-likeness (QED) is 0.628. The number of ether oxygens (including phenoxy) is 1. The predicted octanol–water partition coefficient (Wildman–Crippen LogP) is 4.32. The minimum absolute atomic E-state index is 0.0222. The Morgan fingerprint density at radius 1 is 1.03 bits per heavy atom. The Morgan fingerprint density at radius 2 is 1.77 bits per heavy atom. The molecule has 1 amide bonds. The lowest BCUT2D eigenvalue weighted by Gasteiger charge is -2.41. The van der Waals surface area contributed by atoms with E-state index in [-0.39, 0.29) is 12.0 Å². The fourth-order valence-electron chi connectivity index (χ4n) is 5.62. The Morgan fingerprint density at radius 3 is 2.52 bits per heavy atom. The van der Waals surface area contributed by atoms with Gasteiger partial charge in [-0.1, -0.05) is 31.7 Å². The molecular weight excluding hydrogens is 386 g/mol. The minimum atomic E-state index is 0.0222. The number of likely N-dealkylation sites (tertiary alicyclic amines) is 2. The third-order valence-electron chi connectivity index (χ3n) is 7.63. The minimum Gasteiger partial charge on any atom is -0.490 e. The van der Waals surface area contributed by atoms with Gasteiger partial charge in [0.05, 0.1) is 0 Å². The molecule has 2 heterocycles. The molecule has 1 saturated carbocycles. The zero-order valence-corrected chi connectivity index (χ0v) is 19.4. The van der Waals surface area contributed by atoms with Crippen molar-refractivity contribution in [3.63, 3.8) is 0 Å². The van der Waals surface area contributed by atoms with Crippen molar-refractivity contribution in [2.24, 2.45) is 5.92 Å². The van der Waals surface area contributed by atoms with Crippen LogP contribution in [0, 0.1) is 5.92 Å². The molecule has 1 aliphatic carbocycles. The normalized spacial score (nSPS) is 22.6. The van der Waals surface area contributed by atoms with Gasteiger partial charge in [0.25, 0.3) is 5.91 Å². The highest BCUT2D eigenvalue weighted by Gasteiger charge is 2.28. The molecule has 3 aliphatic rings. The van der Waals surface area contributed by atoms with E-state index in [1.54, 1.807) is 0 Å². The average molecular weight is 428 g/mol. The third kappa shape index (κ3) is 6.69. The number of rotatable bonds is 8. The number of nitrogens with zero attached hydrogens (tertiary/aromatic N) is 2. The highest BCUT2D eigenvalue weighted by atomic mass is 16.5. The first kappa shape index (κ1) is 22.6. The molecule has 2 saturated heterocycles. The van der Waals surface area contributed by atoms with Crippen LogP contribution in [0.15, 0.2) is 24.3 Å². The Kier molecular flexibility index (Phi) is 8.26. The van der Waals surface area contributed by atoms with Gasteiger partial charge in [-0.25, -0.2) is 0 Å². The van der Waals surface area contributed by atoms with E-state index in [4.69, 9.17) is 4.74 Å². The first-order valence-electron chi connectivity index (χ1n) is 12.6. The van der Waals surface area contributed by atoms with E-state index < -0.39 is 0 Å². The molecule has 5 heteroatoms. The van der Waals surface area contributed by atoms with Crippen LogP contribution in [0.4, 0.5) is 0 Å². The molecule has 1 aromatic carbocycles. The first-order valence-corrected chi connectivity index (χ1v) is 12.6. The van der Waals surface area contributed by atoms with Crippen molar-refractivity contribution in [3.8, 4) is 5.75 Å². The standard InChI is InChI=1S/C26H41N3O2/c1-28-16-11-23(12-17-28)29-18-13-24(14-19-29)31-25-10-4-9-22(20-25)26(30)27-15-5-8-21-6-2-3-7-21/h4,9-10,20-21,23-24H,2-3,5-8,11-19H2,1H3,(H,27,30). The Balaban J connectivity index is 1.18. The Labute approximate surface area is 188 Å². The van der Waals surface area contributed by atoms with Crippen LogP contribution in [-0.4, -0.2) is 67.6 Å². The lowest BCUT2D eigenvalue weighted by molar-refractivity contribution is 0.0525. The monoisotopic (exact) mass is 427 g/mol. The molecule has 0 bridgehead atoms. The summed E-state index contributed by atoms with van der Waals surface area (Å²) in [5.74, 6) is 1.74. The van der Waals surface area contributed by atoms with Gasteiger partial charge in [-0.2, -0.15) is 0 Å². The molecule has 2 aliphatic heterocycles. The van der Waals surface area contributed by atoms with Crippen LogP contribution >= 0.6 is 0 Å². The van der Waals surface area contributed by atoms with Gasteiger partial charge in [0.2, 0.25) is 0 Å². The van der Waals surface area contributed by atoms with Crippen molar-refractivity contribution >= 4 is 5.91 Å². The number of hydrogen-bond donors (Lipinski definition) is 1. The van der Waals surface area contributed by atoms with Gasteiger partial charge in [-0.05, 0) is 82.8 Å². The number of amides is 1. The summed E-state index contributed by atoms with van der Waals surface area (Å²) in [6.45, 7) is 5.46. The molecule has 31 heavy (non-hydrogen) atoms. The van der Waals surface area contributed by atoms with Crippen LogP contribution in [0.25, 0.3) is 0 Å². The molecule has 3 fully saturated rings. The molecule has 1 aromatic rings. The zero-order chi connectivity index (χ0) is 21.5. The van der Waals surface area contributed by atoms with E-state index in [0.717, 1.165) is 56.6 Å². The number of piperidine rings is 2. The molecule has 0 aromatic heterocycles. The average Bonchev–Trinajstić information content (AvgIpc) is 3.32. The lowest BCUT2D eigenvalue weighted by atomic mass is 9.99. The Hall–Kier alpha value is -1.59. The molecule has 4 rings (SSSR count). The topological polar surface area (TPSA) is 44.8 Å². The number of carbonyl (C=O) groups excluding carboxylic acids is 1. The SMILES string of the molecule is CN1CCC(N2CCC(Oc3cccc(C(=O)NCCCC4CCCC4)c3)CC2)CC1. The molecule has 5 nitrogen and oxygen atoms in total. The summed E-state index contributed by atoms with van der Waals surface area (Å²) in [7, 11) is 2.22. The smallest absolute Gasteiger partial charge is 0.251 e. The number of nitrogens with one attached hydrogen (secondary N) is 1. The Bertz CT molecular complexity index is 688. The molecular formula is C26H41N3O2. The van der Waals surface area contributed by atoms with Gasteiger partial charge in [0, 0.05) is 31.2 Å². The summed E-state index contributed by atoms with van der Waals surface area (Å²) in [4.78, 5) is 17.7. The molecule has 1 N–H and O–H groups in total. The van der Waals surface area contributed by atoms with Crippen LogP contribution in [0.3, 0.4) is 0 Å². The maximum absolute atomic E-state index is 12.5. The van der Waals surface area contributed by atoms with E-state index in [1.807, 2.05) is 24.3 Å². The number of carbonyl (C=O) groups is 1. The summed E-state index contributed by atoms with van der Waals surface area (Å²) in [6, 6.07) is 8.48. The van der Waals surface area contributed by atoms with Crippen LogP contribution in [0.2, 0.25) is 0 Å². The fraction of sp³-hybridized carbons (Fsp3) is 0.731. The summed E-state index contributed by atoms with van der Waals surface area (Å²) in [5, 5.41) is 3.09. The van der Waals surface area contributed by atoms with Crippen molar-refractivity contribution in [1.82, 2.24) is 15.1 Å². The van der Waals surface area contributed by atoms with Crippen molar-refractivity contribution in [3.05, 3.63) is 29.8 Å². The first-order chi connectivity index (χ1) is 15.2. The molecule has 0 unspecified atom stereocenters. The van der Waals surface area contributed by atoms with E-state index in [2.05, 4.69) is 22.2 Å². The molecule has 0 spiro atoms. The second kappa shape index (κ2) is 11.3. The van der Waals surface area contributed by atoms with Crippen LogP contribution < -0.4 is 10.1 Å². The zero-order valence-electron chi connectivity index (χ0n) is 19.4. The number of hydrogen-bond acceptors (Lipinski definition) is 4. The molecule has 0 radical (unpaired) electrons. The highest BCUT2D eigenvalue weighted by Crippen LogP contribution is 2.28. The van der Waals surface area contributed by atoms with Gasteiger partial charge < -0.3 is 19.9 Å². The van der Waals surface area contributed by atoms with Gasteiger partial charge in [-0.15, -0.1) is 0 Å². The van der Waals surface area contributed by atoms with Crippen LogP contribution in [0.5, 0.6) is 5.75 Å². The van der Waals surface area contributed by atoms with Gasteiger partial charge >= 0.3 is 0 Å². The third-order valence-corrected chi connectivity index (χ3v) is 7.63. The van der Waals surface area contributed by atoms with E-state index in [0.29, 0.717) is 5.56 Å². The van der Waals surface area contributed by atoms with Crippen molar-refractivity contribution in [2.75, 3.05) is 39.8 Å². The summed E-state index contributed by atoms with van der Waals surface area (Å²) in [6.07, 6.45) is 12.9. The lowest BCUT2D eigenvalue weighted by Crippen LogP contribution is -2.48. The van der Waals surface area contributed by atoms with Crippen molar-refractivity contribution in [1.29, 1.82) is 0 Å². The van der Waals surface area contributed by atoms with Crippen LogP contribution in [0.1, 0.15) is 74.6 Å². The summed E-state index contributed by atoms with van der Waals surface area (Å²) < 4.78 is 6.28. The van der Waals surface area contributed by atoms with Crippen LogP contribution in [-0.2, 0) is 0 Å². The van der Waals surface area contributed by atoms with Crippen molar-refractivity contribution in [2.45, 2.75) is 76.4 Å². The molecule has 172 valence electrons. The maximum Gasteiger partial charge on any atom is 0.251 e. The highest BCUT2D eigenvalue weighted by molar-refractivity contribution is 5.94. The summed E-state index contributed by atoms with van der Waals surface area (Å²) >= 11 is 0. The van der Waals surface area contributed by atoms with Gasteiger partial charge in [0.1, 0.15) is 11.9 Å². The number of benzene rings is 1. The maximum atomic E-state index is 12.5. The second-order valence-electron chi connectivity index (χ2n) is 9.96. The second-order valence-corrected chi connectivity index (χ2v) is 9.96. The predicted molar refractivity (Wildman–Crippen MR) is 126 cm³/mol. The van der Waals surface area contributed by atoms with Gasteiger partial charge in [-0.3, -0.25) is 4.79 Å². The summed E-state index contributed by atoms with van der Waals surface area (Å²) in [5.41, 5.74) is 0.710. The fourth-order valence-corrected chi connectivity index (χ4v) is 5.62. The van der Waals surface area contributed by atoms with E-state index in [9.17, 15) is 4.79 Å². The molecule has 0 atom stereocenters. The van der Waals surface area contributed by atoms with E-state index in [1.165, 1.54) is 58.0 Å². The van der Waals surface area contributed by atoms with Gasteiger partial charge in [0.15, 0.2) is 0 Å². The van der Waals surface area contributed by atoms with Crippen molar-refractivity contribution < 1.29 is 9.53 Å².